The van der Waals surface area contributed by atoms with Crippen molar-refractivity contribution >= 4 is 28.2 Å². The highest BCUT2D eigenvalue weighted by molar-refractivity contribution is 7.15. The van der Waals surface area contributed by atoms with Crippen LogP contribution in [0.2, 0.25) is 0 Å². The number of ether oxygens (including phenoxy) is 1. The summed E-state index contributed by atoms with van der Waals surface area (Å²) < 4.78 is 5.71. The number of hydrogen-bond acceptors (Lipinski definition) is 10. The number of hydrogen-bond donors (Lipinski definition) is 3. The first-order chi connectivity index (χ1) is 21.0. The van der Waals surface area contributed by atoms with Gasteiger partial charge < -0.3 is 20.5 Å². The van der Waals surface area contributed by atoms with Gasteiger partial charge in [0.1, 0.15) is 11.2 Å². The maximum Gasteiger partial charge on any atom is 0.229 e. The summed E-state index contributed by atoms with van der Waals surface area (Å²) in [5.74, 6) is 0.336. The zero-order valence-corrected chi connectivity index (χ0v) is 25.7. The smallest absolute Gasteiger partial charge is 0.229 e. The van der Waals surface area contributed by atoms with Crippen LogP contribution in [0.4, 0.5) is 10.9 Å². The van der Waals surface area contributed by atoms with Gasteiger partial charge in [0.15, 0.2) is 5.82 Å². The first-order valence-electron chi connectivity index (χ1n) is 14.7. The monoisotopic (exact) mass is 603 g/mol. The van der Waals surface area contributed by atoms with Gasteiger partial charge in [0.2, 0.25) is 11.0 Å². The van der Waals surface area contributed by atoms with E-state index in [2.05, 4.69) is 55.0 Å². The van der Waals surface area contributed by atoms with E-state index in [4.69, 9.17) is 4.74 Å². The molecule has 2 heterocycles. The quantitative estimate of drug-likeness (QED) is 0.111. The van der Waals surface area contributed by atoms with E-state index in [1.807, 2.05) is 55.6 Å². The molecule has 0 aliphatic rings. The number of aromatic nitrogens is 4. The van der Waals surface area contributed by atoms with Crippen molar-refractivity contribution in [2.24, 2.45) is 0 Å². The Morgan fingerprint density at radius 2 is 1.72 bits per heavy atom. The van der Waals surface area contributed by atoms with Gasteiger partial charge in [0.25, 0.3) is 0 Å². The lowest BCUT2D eigenvalue weighted by atomic mass is 10.1. The summed E-state index contributed by atoms with van der Waals surface area (Å²) in [5.41, 5.74) is 4.08. The molecule has 2 aromatic heterocycles. The summed E-state index contributed by atoms with van der Waals surface area (Å²) in [6, 6.07) is 21.5. The molecule has 1 atom stereocenters. The molecule has 228 valence electrons. The van der Waals surface area contributed by atoms with Crippen molar-refractivity contribution in [1.82, 2.24) is 25.3 Å². The standard InChI is InChI=1S/C32H41N7O3S/c1-3-39(2)23-42-19-18-25-12-9-13-26(20-25)22-30(41)34-32-38-37-31(43-32)15-8-7-14-27-16-17-28(36-35-27)33-29(40)21-24-10-5-4-6-11-24/h4-6,9-13,16-17,20,30,41H,3,7-8,14-15,18-19,21-23H2,1-2H3,(H,34,38)(H,33,36,40). The van der Waals surface area contributed by atoms with Gasteiger partial charge in [0.05, 0.1) is 25.5 Å². The number of carbonyl (C=O) groups is 1. The minimum atomic E-state index is -0.754. The first kappa shape index (κ1) is 32.2. The summed E-state index contributed by atoms with van der Waals surface area (Å²) in [6.45, 7) is 4.36. The Bertz CT molecular complexity index is 1390. The molecule has 0 saturated heterocycles. The normalized spacial score (nSPS) is 11.9. The van der Waals surface area contributed by atoms with Crippen molar-refractivity contribution in [3.05, 3.63) is 94.1 Å². The number of aryl methyl sites for hydroxylation is 2. The van der Waals surface area contributed by atoms with E-state index in [1.165, 1.54) is 16.9 Å². The highest BCUT2D eigenvalue weighted by atomic mass is 32.1. The number of anilines is 2. The Hall–Kier alpha value is -3.77. The lowest BCUT2D eigenvalue weighted by molar-refractivity contribution is -0.115. The van der Waals surface area contributed by atoms with Crippen LogP contribution in [-0.4, -0.2) is 69.5 Å². The molecule has 2 aromatic carbocycles. The molecule has 0 aliphatic heterocycles. The predicted molar refractivity (Wildman–Crippen MR) is 170 cm³/mol. The van der Waals surface area contributed by atoms with Gasteiger partial charge in [-0.15, -0.1) is 15.3 Å². The molecule has 0 fully saturated rings. The van der Waals surface area contributed by atoms with Crippen molar-refractivity contribution in [3.8, 4) is 0 Å². The van der Waals surface area contributed by atoms with Gasteiger partial charge in [-0.05, 0) is 68.1 Å². The molecular weight excluding hydrogens is 562 g/mol. The maximum atomic E-state index is 12.2. The molecule has 43 heavy (non-hydrogen) atoms. The summed E-state index contributed by atoms with van der Waals surface area (Å²) in [6.07, 6.45) is 4.29. The Morgan fingerprint density at radius 1 is 0.930 bits per heavy atom. The average Bonchev–Trinajstić information content (AvgIpc) is 3.45. The van der Waals surface area contributed by atoms with E-state index in [0.29, 0.717) is 37.1 Å². The van der Waals surface area contributed by atoms with Crippen LogP contribution in [0.25, 0.3) is 0 Å². The molecule has 1 unspecified atom stereocenters. The molecule has 0 radical (unpaired) electrons. The van der Waals surface area contributed by atoms with E-state index in [0.717, 1.165) is 60.5 Å². The fourth-order valence-corrected chi connectivity index (χ4v) is 5.18. The number of carbonyl (C=O) groups excluding carboxylic acids is 1. The molecule has 11 heteroatoms. The Morgan fingerprint density at radius 3 is 2.51 bits per heavy atom. The second-order valence-electron chi connectivity index (χ2n) is 10.5. The molecule has 1 amide bonds. The molecule has 0 bridgehead atoms. The third-order valence-corrected chi connectivity index (χ3v) is 7.75. The second kappa shape index (κ2) is 17.4. The highest BCUT2D eigenvalue weighted by Crippen LogP contribution is 2.19. The Kier molecular flexibility index (Phi) is 13.0. The summed E-state index contributed by atoms with van der Waals surface area (Å²) in [5, 5.41) is 34.9. The van der Waals surface area contributed by atoms with Gasteiger partial charge >= 0.3 is 0 Å². The van der Waals surface area contributed by atoms with Gasteiger partial charge in [-0.1, -0.05) is 72.9 Å². The maximum absolute atomic E-state index is 12.2. The topological polar surface area (TPSA) is 125 Å². The molecule has 0 saturated carbocycles. The van der Waals surface area contributed by atoms with Crippen LogP contribution in [-0.2, 0) is 41.6 Å². The third kappa shape index (κ3) is 11.8. The Labute approximate surface area is 257 Å². The van der Waals surface area contributed by atoms with Gasteiger partial charge in [-0.25, -0.2) is 0 Å². The molecule has 4 rings (SSSR count). The van der Waals surface area contributed by atoms with Crippen LogP contribution in [0, 0.1) is 0 Å². The van der Waals surface area contributed by atoms with Crippen molar-refractivity contribution in [2.75, 3.05) is 37.6 Å². The SMILES string of the molecule is CCN(C)COCCc1cccc(CC(O)Nc2nnc(CCCCc3ccc(NC(=O)Cc4ccccc4)nn3)s2)c1. The number of amides is 1. The lowest BCUT2D eigenvalue weighted by Crippen LogP contribution is -2.22. The van der Waals surface area contributed by atoms with Gasteiger partial charge in [0, 0.05) is 12.8 Å². The molecule has 3 N–H and O–H groups in total. The van der Waals surface area contributed by atoms with Crippen molar-refractivity contribution in [2.45, 2.75) is 58.1 Å². The molecule has 0 aliphatic carbocycles. The fourth-order valence-electron chi connectivity index (χ4n) is 4.35. The average molecular weight is 604 g/mol. The van der Waals surface area contributed by atoms with Crippen molar-refractivity contribution < 1.29 is 14.6 Å². The summed E-state index contributed by atoms with van der Waals surface area (Å²) in [7, 11) is 2.03. The largest absolute Gasteiger partial charge is 0.373 e. The van der Waals surface area contributed by atoms with Crippen LogP contribution < -0.4 is 10.6 Å². The highest BCUT2D eigenvalue weighted by Gasteiger charge is 2.11. The number of unbranched alkanes of at least 4 members (excludes halogenated alkanes) is 1. The zero-order chi connectivity index (χ0) is 30.3. The number of aliphatic hydroxyl groups excluding tert-OH is 1. The minimum absolute atomic E-state index is 0.117. The van der Waals surface area contributed by atoms with Crippen molar-refractivity contribution in [3.63, 3.8) is 0 Å². The van der Waals surface area contributed by atoms with E-state index < -0.39 is 6.23 Å². The van der Waals surface area contributed by atoms with Crippen molar-refractivity contribution in [1.29, 1.82) is 0 Å². The van der Waals surface area contributed by atoms with Gasteiger partial charge in [-0.3, -0.25) is 9.69 Å². The molecule has 4 aromatic rings. The summed E-state index contributed by atoms with van der Waals surface area (Å²) >= 11 is 1.46. The number of nitrogens with zero attached hydrogens (tertiary/aromatic N) is 5. The fraction of sp³-hybridized carbons (Fsp3) is 0.406. The van der Waals surface area contributed by atoms with Crippen LogP contribution in [0.15, 0.2) is 66.7 Å². The zero-order valence-electron chi connectivity index (χ0n) is 24.9. The van der Waals surface area contributed by atoms with E-state index in [-0.39, 0.29) is 5.91 Å². The Balaban J connectivity index is 1.12. The van der Waals surface area contributed by atoms with E-state index in [1.54, 1.807) is 6.07 Å². The first-order valence-corrected chi connectivity index (χ1v) is 15.6. The third-order valence-electron chi connectivity index (χ3n) is 6.83. The number of aliphatic hydroxyl groups is 1. The second-order valence-corrected chi connectivity index (χ2v) is 11.5. The van der Waals surface area contributed by atoms with E-state index >= 15 is 0 Å². The summed E-state index contributed by atoms with van der Waals surface area (Å²) in [4.78, 5) is 14.3. The number of nitrogens with one attached hydrogen (secondary N) is 2. The number of rotatable bonds is 18. The molecule has 0 spiro atoms. The minimum Gasteiger partial charge on any atom is -0.373 e. The number of benzene rings is 2. The van der Waals surface area contributed by atoms with Crippen LogP contribution in [0.1, 0.15) is 47.2 Å². The predicted octanol–water partition coefficient (Wildman–Crippen LogP) is 4.52. The van der Waals surface area contributed by atoms with Gasteiger partial charge in [-0.2, -0.15) is 5.10 Å². The molecule has 10 nitrogen and oxygen atoms in total. The molecular formula is C32H41N7O3S. The van der Waals surface area contributed by atoms with Crippen LogP contribution >= 0.6 is 11.3 Å². The van der Waals surface area contributed by atoms with Crippen LogP contribution in [0.5, 0.6) is 0 Å². The lowest BCUT2D eigenvalue weighted by Gasteiger charge is -2.14. The van der Waals surface area contributed by atoms with E-state index in [9.17, 15) is 9.90 Å². The van der Waals surface area contributed by atoms with Crippen LogP contribution in [0.3, 0.4) is 0 Å².